The summed E-state index contributed by atoms with van der Waals surface area (Å²) < 4.78 is 11.5. The highest BCUT2D eigenvalue weighted by Crippen LogP contribution is 2.52. The normalized spacial score (nSPS) is 35.1. The van der Waals surface area contributed by atoms with Crippen molar-refractivity contribution in [2.75, 3.05) is 5.75 Å². The summed E-state index contributed by atoms with van der Waals surface area (Å²) in [6, 6.07) is 10.0. The van der Waals surface area contributed by atoms with E-state index in [-0.39, 0.29) is 17.6 Å². The van der Waals surface area contributed by atoms with Gasteiger partial charge in [-0.3, -0.25) is 4.79 Å². The lowest BCUT2D eigenvalue weighted by Crippen LogP contribution is -2.39. The molecule has 2 fully saturated rings. The molecule has 3 rings (SSSR count). The molecule has 0 aromatic heterocycles. The molecule has 2 bridgehead atoms. The number of benzene rings is 1. The standard InChI is InChI=1S/C15H19BO3S/c1-10-13-14(16)19-15(10,9-20-13)7-12(17)18-8-11-5-3-2-4-6-11/h2-6,10,13-14H,7-9,16H2,1H3/t10-,13?,14+,15+/m0/s1. The zero-order chi connectivity index (χ0) is 14.2. The Morgan fingerprint density at radius 2 is 2.25 bits per heavy atom. The molecule has 0 saturated carbocycles. The molecule has 2 saturated heterocycles. The van der Waals surface area contributed by atoms with Gasteiger partial charge in [-0.2, -0.15) is 11.8 Å². The lowest BCUT2D eigenvalue weighted by Gasteiger charge is -2.29. The van der Waals surface area contributed by atoms with Crippen molar-refractivity contribution < 1.29 is 14.3 Å². The average Bonchev–Trinajstić information content (AvgIpc) is 2.86. The third kappa shape index (κ3) is 2.49. The number of carbonyl (C=O) groups is 1. The first kappa shape index (κ1) is 14.0. The smallest absolute Gasteiger partial charge is 0.309 e. The van der Waals surface area contributed by atoms with Crippen LogP contribution in [0.2, 0.25) is 0 Å². The zero-order valence-corrected chi connectivity index (χ0v) is 12.7. The van der Waals surface area contributed by atoms with Crippen LogP contribution in [0.15, 0.2) is 30.3 Å². The SMILES string of the molecule is B[C@@H]1O[C@]2(CC(=O)OCc3ccccc3)CSC1[C@@H]2C. The topological polar surface area (TPSA) is 35.5 Å². The maximum atomic E-state index is 12.1. The summed E-state index contributed by atoms with van der Waals surface area (Å²) in [5.41, 5.74) is 0.716. The van der Waals surface area contributed by atoms with Crippen LogP contribution in [0.1, 0.15) is 18.9 Å². The predicted molar refractivity (Wildman–Crippen MR) is 82.4 cm³/mol. The second-order valence-electron chi connectivity index (χ2n) is 5.78. The maximum Gasteiger partial charge on any atom is 0.309 e. The molecule has 2 aliphatic heterocycles. The van der Waals surface area contributed by atoms with Gasteiger partial charge in [-0.15, -0.1) is 0 Å². The zero-order valence-electron chi connectivity index (χ0n) is 11.9. The van der Waals surface area contributed by atoms with Gasteiger partial charge in [-0.05, 0) is 5.56 Å². The van der Waals surface area contributed by atoms with Crippen molar-refractivity contribution in [1.82, 2.24) is 0 Å². The van der Waals surface area contributed by atoms with E-state index in [0.717, 1.165) is 11.3 Å². The van der Waals surface area contributed by atoms with Crippen molar-refractivity contribution >= 4 is 25.6 Å². The summed E-state index contributed by atoms with van der Waals surface area (Å²) in [7, 11) is 2.10. The van der Waals surface area contributed by atoms with E-state index < -0.39 is 0 Å². The molecule has 4 atom stereocenters. The predicted octanol–water partition coefficient (Wildman–Crippen LogP) is 1.60. The van der Waals surface area contributed by atoms with Gasteiger partial charge in [0, 0.05) is 22.9 Å². The molecule has 20 heavy (non-hydrogen) atoms. The van der Waals surface area contributed by atoms with E-state index in [9.17, 15) is 4.79 Å². The minimum atomic E-state index is -0.303. The van der Waals surface area contributed by atoms with Crippen molar-refractivity contribution in [2.45, 2.75) is 36.8 Å². The monoisotopic (exact) mass is 290 g/mol. The fraction of sp³-hybridized carbons (Fsp3) is 0.533. The Labute approximate surface area is 124 Å². The van der Waals surface area contributed by atoms with Crippen molar-refractivity contribution in [1.29, 1.82) is 0 Å². The van der Waals surface area contributed by atoms with Gasteiger partial charge >= 0.3 is 5.97 Å². The van der Waals surface area contributed by atoms with E-state index in [2.05, 4.69) is 14.8 Å². The molecule has 0 spiro atoms. The van der Waals surface area contributed by atoms with Gasteiger partial charge in [-0.25, -0.2) is 0 Å². The quantitative estimate of drug-likeness (QED) is 0.623. The van der Waals surface area contributed by atoms with Gasteiger partial charge in [0.1, 0.15) is 14.5 Å². The second kappa shape index (κ2) is 5.45. The largest absolute Gasteiger partial charge is 0.461 e. The maximum absolute atomic E-state index is 12.1. The Kier molecular flexibility index (Phi) is 3.82. The van der Waals surface area contributed by atoms with E-state index >= 15 is 0 Å². The second-order valence-corrected chi connectivity index (χ2v) is 6.94. The molecule has 0 amide bonds. The van der Waals surface area contributed by atoms with E-state index in [1.807, 2.05) is 42.1 Å². The molecule has 2 aliphatic rings. The summed E-state index contributed by atoms with van der Waals surface area (Å²) in [5.74, 6) is 1.17. The van der Waals surface area contributed by atoms with Crippen LogP contribution in [0.5, 0.6) is 0 Å². The lowest BCUT2D eigenvalue weighted by molar-refractivity contribution is -0.151. The summed E-state index contributed by atoms with van der Waals surface area (Å²) in [4.78, 5) is 12.1. The molecular formula is C15H19BO3S. The van der Waals surface area contributed by atoms with E-state index in [4.69, 9.17) is 9.47 Å². The Hall–Kier alpha value is -0.935. The highest BCUT2D eigenvalue weighted by Gasteiger charge is 2.57. The van der Waals surface area contributed by atoms with Crippen LogP contribution >= 0.6 is 11.8 Å². The minimum Gasteiger partial charge on any atom is -0.461 e. The summed E-state index contributed by atoms with van der Waals surface area (Å²) in [5, 5.41) is 0.525. The molecule has 106 valence electrons. The Morgan fingerprint density at radius 3 is 2.85 bits per heavy atom. The Balaban J connectivity index is 1.57. The first-order valence-corrected chi connectivity index (χ1v) is 8.14. The molecule has 1 unspecified atom stereocenters. The Bertz CT molecular complexity index is 495. The van der Waals surface area contributed by atoms with Crippen molar-refractivity contribution in [3.05, 3.63) is 35.9 Å². The molecule has 1 aromatic rings. The number of fused-ring (bicyclic) bond motifs is 2. The van der Waals surface area contributed by atoms with Gasteiger partial charge in [-0.1, -0.05) is 37.3 Å². The van der Waals surface area contributed by atoms with Crippen LogP contribution in [0.3, 0.4) is 0 Å². The lowest BCUT2D eigenvalue weighted by atomic mass is 9.84. The number of ether oxygens (including phenoxy) is 2. The van der Waals surface area contributed by atoms with Crippen molar-refractivity contribution in [3.8, 4) is 0 Å². The van der Waals surface area contributed by atoms with Crippen LogP contribution in [-0.4, -0.2) is 36.4 Å². The van der Waals surface area contributed by atoms with Gasteiger partial charge in [0.05, 0.1) is 12.0 Å². The van der Waals surface area contributed by atoms with Crippen LogP contribution in [0.25, 0.3) is 0 Å². The fourth-order valence-electron chi connectivity index (χ4n) is 3.22. The fourth-order valence-corrected chi connectivity index (χ4v) is 4.99. The third-order valence-electron chi connectivity index (χ3n) is 4.41. The van der Waals surface area contributed by atoms with E-state index in [1.54, 1.807) is 0 Å². The summed E-state index contributed by atoms with van der Waals surface area (Å²) >= 11 is 1.93. The Morgan fingerprint density at radius 1 is 1.50 bits per heavy atom. The van der Waals surface area contributed by atoms with Crippen LogP contribution < -0.4 is 0 Å². The highest BCUT2D eigenvalue weighted by atomic mass is 32.2. The van der Waals surface area contributed by atoms with E-state index in [0.29, 0.717) is 24.2 Å². The van der Waals surface area contributed by atoms with Gasteiger partial charge in [0.25, 0.3) is 0 Å². The molecule has 0 N–H and O–H groups in total. The van der Waals surface area contributed by atoms with Crippen LogP contribution in [-0.2, 0) is 20.9 Å². The van der Waals surface area contributed by atoms with E-state index in [1.165, 1.54) is 0 Å². The molecule has 0 radical (unpaired) electrons. The molecule has 2 heterocycles. The highest BCUT2D eigenvalue weighted by molar-refractivity contribution is 8.00. The van der Waals surface area contributed by atoms with Gasteiger partial charge in [0.2, 0.25) is 0 Å². The summed E-state index contributed by atoms with van der Waals surface area (Å²) in [6.07, 6.45) is 0.370. The van der Waals surface area contributed by atoms with Crippen molar-refractivity contribution in [3.63, 3.8) is 0 Å². The number of rotatable bonds is 4. The number of hydrogen-bond acceptors (Lipinski definition) is 4. The molecular weight excluding hydrogens is 271 g/mol. The van der Waals surface area contributed by atoms with Crippen LogP contribution in [0.4, 0.5) is 0 Å². The van der Waals surface area contributed by atoms with Gasteiger partial charge in [0.15, 0.2) is 0 Å². The van der Waals surface area contributed by atoms with Gasteiger partial charge < -0.3 is 9.47 Å². The minimum absolute atomic E-state index is 0.156. The first-order valence-electron chi connectivity index (χ1n) is 7.10. The van der Waals surface area contributed by atoms with Crippen LogP contribution in [0, 0.1) is 5.92 Å². The average molecular weight is 290 g/mol. The summed E-state index contributed by atoms with van der Waals surface area (Å²) in [6.45, 7) is 2.54. The third-order valence-corrected chi connectivity index (χ3v) is 6.24. The number of carbonyl (C=O) groups excluding carboxylic acids is 1. The molecule has 0 aliphatic carbocycles. The van der Waals surface area contributed by atoms with Crippen molar-refractivity contribution in [2.24, 2.45) is 5.92 Å². The first-order chi connectivity index (χ1) is 9.61. The molecule has 3 nitrogen and oxygen atoms in total. The molecule has 1 aromatic carbocycles. The number of hydrogen-bond donors (Lipinski definition) is 0. The molecule has 5 heteroatoms. The number of esters is 1. The number of thioether (sulfide) groups is 1.